The minimum Gasteiger partial charge on any atom is -0.341 e. The largest absolute Gasteiger partial charge is 0.341 e. The van der Waals surface area contributed by atoms with Crippen LogP contribution in [0.25, 0.3) is 0 Å². The summed E-state index contributed by atoms with van der Waals surface area (Å²) in [6.07, 6.45) is 2.67. The van der Waals surface area contributed by atoms with Crippen LogP contribution >= 0.6 is 23.2 Å². The number of halogens is 2. The number of rotatable bonds is 2. The third kappa shape index (κ3) is 3.03. The molecule has 3 heterocycles. The van der Waals surface area contributed by atoms with Crippen LogP contribution in [0.3, 0.4) is 0 Å². The third-order valence-electron chi connectivity index (χ3n) is 5.78. The van der Waals surface area contributed by atoms with Crippen molar-refractivity contribution in [1.82, 2.24) is 10.2 Å². The summed E-state index contributed by atoms with van der Waals surface area (Å²) in [6, 6.07) is 5.05. The lowest BCUT2D eigenvalue weighted by molar-refractivity contribution is -0.139. The van der Waals surface area contributed by atoms with Gasteiger partial charge in [0.05, 0.1) is 10.7 Å². The first-order chi connectivity index (χ1) is 12.0. The molecule has 0 aliphatic carbocycles. The predicted octanol–water partition coefficient (Wildman–Crippen LogP) is 2.56. The summed E-state index contributed by atoms with van der Waals surface area (Å²) >= 11 is 12.3. The van der Waals surface area contributed by atoms with Crippen molar-refractivity contribution in [2.24, 2.45) is 11.3 Å². The average molecular weight is 382 g/mol. The van der Waals surface area contributed by atoms with Gasteiger partial charge in [-0.15, -0.1) is 0 Å². The molecule has 1 aromatic rings. The van der Waals surface area contributed by atoms with E-state index in [1.54, 1.807) is 23.1 Å². The molecule has 134 valence electrons. The first kappa shape index (κ1) is 17.1. The zero-order valence-electron chi connectivity index (χ0n) is 13.9. The van der Waals surface area contributed by atoms with E-state index in [0.717, 1.165) is 39.0 Å². The second-order valence-corrected chi connectivity index (χ2v) is 8.21. The molecule has 0 aromatic heterocycles. The Labute approximate surface area is 157 Å². The van der Waals surface area contributed by atoms with Crippen molar-refractivity contribution in [3.63, 3.8) is 0 Å². The lowest BCUT2D eigenvalue weighted by Gasteiger charge is -2.24. The molecule has 2 amide bonds. The Morgan fingerprint density at radius 2 is 2.08 bits per heavy atom. The number of amides is 2. The number of carbonyl (C=O) groups is 2. The maximum Gasteiger partial charge on any atom is 0.239 e. The summed E-state index contributed by atoms with van der Waals surface area (Å²) in [5, 5.41) is 4.39. The highest BCUT2D eigenvalue weighted by Gasteiger charge is 2.46. The Kier molecular flexibility index (Phi) is 4.42. The summed E-state index contributed by atoms with van der Waals surface area (Å²) < 4.78 is 0. The maximum absolute atomic E-state index is 12.9. The van der Waals surface area contributed by atoms with Gasteiger partial charge in [0.2, 0.25) is 11.8 Å². The summed E-state index contributed by atoms with van der Waals surface area (Å²) in [5.41, 5.74) is 0.806. The van der Waals surface area contributed by atoms with Crippen LogP contribution in [0.1, 0.15) is 19.3 Å². The van der Waals surface area contributed by atoms with Gasteiger partial charge >= 0.3 is 0 Å². The highest BCUT2D eigenvalue weighted by Crippen LogP contribution is 2.38. The van der Waals surface area contributed by atoms with Crippen LogP contribution in [0.15, 0.2) is 18.2 Å². The fourth-order valence-corrected chi connectivity index (χ4v) is 4.71. The molecular weight excluding hydrogens is 361 g/mol. The van der Waals surface area contributed by atoms with E-state index in [2.05, 4.69) is 5.32 Å². The molecule has 3 aliphatic heterocycles. The lowest BCUT2D eigenvalue weighted by Crippen LogP contribution is -2.40. The van der Waals surface area contributed by atoms with Gasteiger partial charge in [0.25, 0.3) is 0 Å². The average Bonchev–Trinajstić information content (AvgIpc) is 3.31. The van der Waals surface area contributed by atoms with Gasteiger partial charge in [-0.1, -0.05) is 23.2 Å². The minimum absolute atomic E-state index is 0.0329. The summed E-state index contributed by atoms with van der Waals surface area (Å²) in [4.78, 5) is 29.3. The molecule has 3 aliphatic rings. The van der Waals surface area contributed by atoms with Crippen LogP contribution in [0.5, 0.6) is 0 Å². The van der Waals surface area contributed by atoms with E-state index in [9.17, 15) is 9.59 Å². The minimum atomic E-state index is -0.598. The van der Waals surface area contributed by atoms with Crippen molar-refractivity contribution in [3.8, 4) is 0 Å². The molecule has 1 spiro atoms. The van der Waals surface area contributed by atoms with E-state index in [-0.39, 0.29) is 17.2 Å². The molecule has 5 nitrogen and oxygen atoms in total. The highest BCUT2D eigenvalue weighted by molar-refractivity contribution is 6.36. The SMILES string of the molecule is O=C(C1CCN(c2cc(Cl)ccc2Cl)C1=O)N1CCC2(CCNC2)C1. The maximum atomic E-state index is 12.9. The normalized spacial score (nSPS) is 29.2. The van der Waals surface area contributed by atoms with Gasteiger partial charge in [0.1, 0.15) is 5.92 Å². The topological polar surface area (TPSA) is 52.7 Å². The van der Waals surface area contributed by atoms with Gasteiger partial charge in [0, 0.05) is 36.6 Å². The molecule has 2 unspecified atom stereocenters. The van der Waals surface area contributed by atoms with Crippen LogP contribution in [0.4, 0.5) is 5.69 Å². The van der Waals surface area contributed by atoms with Crippen LogP contribution in [0, 0.1) is 11.3 Å². The summed E-state index contributed by atoms with van der Waals surface area (Å²) in [5.74, 6) is -0.798. The van der Waals surface area contributed by atoms with Crippen molar-refractivity contribution >= 4 is 40.7 Å². The van der Waals surface area contributed by atoms with Gasteiger partial charge in [0.15, 0.2) is 0 Å². The quantitative estimate of drug-likeness (QED) is 0.800. The van der Waals surface area contributed by atoms with E-state index in [0.29, 0.717) is 28.7 Å². The molecule has 0 radical (unpaired) electrons. The molecule has 0 bridgehead atoms. The van der Waals surface area contributed by atoms with Crippen molar-refractivity contribution in [2.45, 2.75) is 19.3 Å². The van der Waals surface area contributed by atoms with Crippen molar-refractivity contribution in [3.05, 3.63) is 28.2 Å². The van der Waals surface area contributed by atoms with Gasteiger partial charge in [-0.3, -0.25) is 9.59 Å². The number of hydrogen-bond donors (Lipinski definition) is 1. The zero-order chi connectivity index (χ0) is 17.6. The number of nitrogens with one attached hydrogen (secondary N) is 1. The Morgan fingerprint density at radius 3 is 2.84 bits per heavy atom. The molecule has 25 heavy (non-hydrogen) atoms. The number of likely N-dealkylation sites (tertiary alicyclic amines) is 1. The Bertz CT molecular complexity index is 718. The Balaban J connectivity index is 1.48. The number of carbonyl (C=O) groups excluding carboxylic acids is 2. The smallest absolute Gasteiger partial charge is 0.239 e. The van der Waals surface area contributed by atoms with Crippen LogP contribution in [-0.2, 0) is 9.59 Å². The van der Waals surface area contributed by atoms with Crippen molar-refractivity contribution in [2.75, 3.05) is 37.6 Å². The number of benzene rings is 1. The molecule has 3 saturated heterocycles. The van der Waals surface area contributed by atoms with Crippen LogP contribution in [0.2, 0.25) is 10.0 Å². The molecule has 3 fully saturated rings. The third-order valence-corrected chi connectivity index (χ3v) is 6.34. The first-order valence-electron chi connectivity index (χ1n) is 8.75. The number of nitrogens with zero attached hydrogens (tertiary/aromatic N) is 2. The van der Waals surface area contributed by atoms with E-state index in [1.165, 1.54) is 0 Å². The van der Waals surface area contributed by atoms with Gasteiger partial charge in [-0.2, -0.15) is 0 Å². The van der Waals surface area contributed by atoms with Crippen LogP contribution < -0.4 is 10.2 Å². The zero-order valence-corrected chi connectivity index (χ0v) is 15.4. The van der Waals surface area contributed by atoms with Crippen molar-refractivity contribution in [1.29, 1.82) is 0 Å². The highest BCUT2D eigenvalue weighted by atomic mass is 35.5. The lowest BCUT2D eigenvalue weighted by atomic mass is 9.86. The molecule has 2 atom stereocenters. The second kappa shape index (κ2) is 6.45. The number of anilines is 1. The van der Waals surface area contributed by atoms with E-state index < -0.39 is 5.92 Å². The van der Waals surface area contributed by atoms with Crippen molar-refractivity contribution < 1.29 is 9.59 Å². The Morgan fingerprint density at radius 1 is 1.24 bits per heavy atom. The fourth-order valence-electron chi connectivity index (χ4n) is 4.33. The molecule has 7 heteroatoms. The molecule has 4 rings (SSSR count). The summed E-state index contributed by atoms with van der Waals surface area (Å²) in [6.45, 7) is 4.00. The monoisotopic (exact) mass is 381 g/mol. The van der Waals surface area contributed by atoms with Gasteiger partial charge in [-0.05, 0) is 44.0 Å². The van der Waals surface area contributed by atoms with E-state index in [4.69, 9.17) is 23.2 Å². The van der Waals surface area contributed by atoms with Gasteiger partial charge in [-0.25, -0.2) is 0 Å². The summed E-state index contributed by atoms with van der Waals surface area (Å²) in [7, 11) is 0. The standard InChI is InChI=1S/C18H21Cl2N3O2/c19-12-1-2-14(20)15(9-12)23-7-3-13(17(23)25)16(24)22-8-5-18(11-22)4-6-21-10-18/h1-2,9,13,21H,3-8,10-11H2. The Hall–Kier alpha value is -1.30. The second-order valence-electron chi connectivity index (χ2n) is 7.36. The number of hydrogen-bond acceptors (Lipinski definition) is 3. The first-order valence-corrected chi connectivity index (χ1v) is 9.51. The predicted molar refractivity (Wildman–Crippen MR) is 98.0 cm³/mol. The van der Waals surface area contributed by atoms with Gasteiger partial charge < -0.3 is 15.1 Å². The van der Waals surface area contributed by atoms with Crippen LogP contribution in [-0.4, -0.2) is 49.4 Å². The fraction of sp³-hybridized carbons (Fsp3) is 0.556. The molecular formula is C18H21Cl2N3O2. The molecule has 1 aromatic carbocycles. The molecule has 1 N–H and O–H groups in total. The van der Waals surface area contributed by atoms with E-state index >= 15 is 0 Å². The molecule has 0 saturated carbocycles. The van der Waals surface area contributed by atoms with E-state index in [1.807, 2.05) is 4.90 Å².